The molecule has 0 saturated carbocycles. The third-order valence-corrected chi connectivity index (χ3v) is 7.05. The zero-order valence-electron chi connectivity index (χ0n) is 21.3. The number of nitrogens with one attached hydrogen (secondary N) is 1. The lowest BCUT2D eigenvalue weighted by atomic mass is 9.87. The maximum absolute atomic E-state index is 12.7. The topological polar surface area (TPSA) is 104 Å². The highest BCUT2D eigenvalue weighted by atomic mass is 19.4. The van der Waals surface area contributed by atoms with E-state index in [1.165, 1.54) is 18.2 Å². The van der Waals surface area contributed by atoms with Crippen molar-refractivity contribution in [2.24, 2.45) is 0 Å². The molecule has 204 valence electrons. The van der Waals surface area contributed by atoms with Gasteiger partial charge in [-0.2, -0.15) is 28.2 Å². The average Bonchev–Trinajstić information content (AvgIpc) is 3.30. The minimum absolute atomic E-state index is 0.0188. The molecule has 1 N–H and O–H groups in total. The van der Waals surface area contributed by atoms with Gasteiger partial charge in [0.15, 0.2) is 5.82 Å². The summed E-state index contributed by atoms with van der Waals surface area (Å²) in [6.07, 6.45) is -1.24. The van der Waals surface area contributed by atoms with Gasteiger partial charge in [0.1, 0.15) is 5.60 Å². The average molecular weight is 535 g/mol. The number of carbonyl (C=O) groups excluding carboxylic acids is 1. The zero-order chi connectivity index (χ0) is 27.1. The van der Waals surface area contributed by atoms with Crippen LogP contribution in [-0.4, -0.2) is 76.9 Å². The van der Waals surface area contributed by atoms with Crippen LogP contribution in [0.25, 0.3) is 16.7 Å². The van der Waals surface area contributed by atoms with Crippen LogP contribution < -0.4 is 10.1 Å². The number of piperidine rings is 1. The lowest BCUT2D eigenvalue weighted by Gasteiger charge is -2.38. The lowest BCUT2D eigenvalue weighted by Crippen LogP contribution is -2.50. The number of methoxy groups -OCH3 is 1. The molecule has 10 nitrogen and oxygen atoms in total. The van der Waals surface area contributed by atoms with Crippen molar-refractivity contribution in [1.29, 1.82) is 0 Å². The summed E-state index contributed by atoms with van der Waals surface area (Å²) in [6, 6.07) is 5.97. The second-order valence-electron chi connectivity index (χ2n) is 9.77. The largest absolute Gasteiger partial charge is 0.492 e. The molecule has 2 aliphatic heterocycles. The van der Waals surface area contributed by atoms with E-state index in [2.05, 4.69) is 44.3 Å². The molecule has 0 bridgehead atoms. The van der Waals surface area contributed by atoms with Gasteiger partial charge in [-0.05, 0) is 69.0 Å². The molecular weight excluding hydrogens is 505 g/mol. The smallest absolute Gasteiger partial charge is 0.467 e. The number of halogens is 3. The number of rotatable bonds is 5. The Morgan fingerprint density at radius 3 is 2.68 bits per heavy atom. The molecule has 2 saturated heterocycles. The number of fused-ring (bicyclic) bond motifs is 1. The van der Waals surface area contributed by atoms with Gasteiger partial charge in [-0.25, -0.2) is 9.48 Å². The van der Waals surface area contributed by atoms with Crippen molar-refractivity contribution in [1.82, 2.24) is 30.1 Å². The van der Waals surface area contributed by atoms with Gasteiger partial charge in [0.25, 0.3) is 0 Å². The van der Waals surface area contributed by atoms with Crippen LogP contribution in [0.2, 0.25) is 0 Å². The molecule has 4 heterocycles. The maximum Gasteiger partial charge on any atom is 0.492 e. The van der Waals surface area contributed by atoms with Crippen molar-refractivity contribution in [3.05, 3.63) is 41.2 Å². The summed E-state index contributed by atoms with van der Waals surface area (Å²) in [5.41, 5.74) is 2.48. The predicted octanol–water partition coefficient (Wildman–Crippen LogP) is 3.17. The molecule has 2 aromatic heterocycles. The second kappa shape index (κ2) is 10.1. The molecule has 1 unspecified atom stereocenters. The Morgan fingerprint density at radius 2 is 1.97 bits per heavy atom. The summed E-state index contributed by atoms with van der Waals surface area (Å²) in [5.74, 6) is -1.43. The molecule has 0 aliphatic carbocycles. The Hall–Kier alpha value is -3.29. The van der Waals surface area contributed by atoms with E-state index in [1.54, 1.807) is 23.9 Å². The van der Waals surface area contributed by atoms with Gasteiger partial charge in [-0.15, -0.1) is 5.06 Å². The van der Waals surface area contributed by atoms with Crippen LogP contribution in [0, 0.1) is 6.92 Å². The Morgan fingerprint density at radius 1 is 1.21 bits per heavy atom. The molecular formula is C25H29F3N6O4. The highest BCUT2D eigenvalue weighted by Crippen LogP contribution is 2.34. The molecule has 0 spiro atoms. The minimum atomic E-state index is -5.10. The predicted molar refractivity (Wildman–Crippen MR) is 130 cm³/mol. The molecule has 38 heavy (non-hydrogen) atoms. The molecule has 5 rings (SSSR count). The standard InChI is InChI=1S/C25H29F3N6O4/c1-15-10-17-13-30-34(19(17)11-18(15)16-4-6-29-7-5-16)21-12-20(31-23(32-21)36-3)24(2)14-33(8-9-37-24)38-22(35)25(26,27)28/h10-13,16,29H,4-9,14H2,1-3H3. The van der Waals surface area contributed by atoms with Crippen LogP contribution in [0.1, 0.15) is 42.5 Å². The minimum Gasteiger partial charge on any atom is -0.467 e. The lowest BCUT2D eigenvalue weighted by molar-refractivity contribution is -0.264. The SMILES string of the molecule is COc1nc(-n2ncc3cc(C)c(C4CCNCC4)cc32)cc(C2(C)CN(OC(=O)C(F)(F)F)CCO2)n1. The number of benzene rings is 1. The van der Waals surface area contributed by atoms with Crippen molar-refractivity contribution < 1.29 is 32.3 Å². The van der Waals surface area contributed by atoms with Crippen LogP contribution in [0.4, 0.5) is 13.2 Å². The van der Waals surface area contributed by atoms with Crippen LogP contribution >= 0.6 is 0 Å². The van der Waals surface area contributed by atoms with Crippen LogP contribution in [0.3, 0.4) is 0 Å². The number of nitrogens with zero attached hydrogens (tertiary/aromatic N) is 5. The molecule has 2 aliphatic rings. The third-order valence-electron chi connectivity index (χ3n) is 7.05. The number of hydrogen-bond acceptors (Lipinski definition) is 9. The summed E-state index contributed by atoms with van der Waals surface area (Å²) in [7, 11) is 1.42. The molecule has 13 heteroatoms. The summed E-state index contributed by atoms with van der Waals surface area (Å²) in [6.45, 7) is 5.54. The van der Waals surface area contributed by atoms with Crippen molar-refractivity contribution >= 4 is 16.9 Å². The number of hydroxylamine groups is 2. The van der Waals surface area contributed by atoms with Gasteiger partial charge < -0.3 is 19.6 Å². The van der Waals surface area contributed by atoms with E-state index in [0.29, 0.717) is 17.4 Å². The first-order valence-electron chi connectivity index (χ1n) is 12.4. The Balaban J connectivity index is 1.50. The zero-order valence-corrected chi connectivity index (χ0v) is 21.3. The maximum atomic E-state index is 12.7. The fourth-order valence-corrected chi connectivity index (χ4v) is 5.08. The number of aromatic nitrogens is 4. The summed E-state index contributed by atoms with van der Waals surface area (Å²) in [4.78, 5) is 24.9. The number of morpholine rings is 1. The van der Waals surface area contributed by atoms with E-state index in [4.69, 9.17) is 9.47 Å². The van der Waals surface area contributed by atoms with Gasteiger partial charge in [0.2, 0.25) is 0 Å². The number of alkyl halides is 3. The summed E-state index contributed by atoms with van der Waals surface area (Å²) in [5, 5.41) is 9.86. The van der Waals surface area contributed by atoms with E-state index < -0.39 is 17.7 Å². The van der Waals surface area contributed by atoms with Crippen LogP contribution in [0.5, 0.6) is 6.01 Å². The quantitative estimate of drug-likeness (QED) is 0.529. The first-order valence-corrected chi connectivity index (χ1v) is 12.4. The van der Waals surface area contributed by atoms with E-state index in [-0.39, 0.29) is 25.7 Å². The van der Waals surface area contributed by atoms with Crippen molar-refractivity contribution in [3.8, 4) is 11.8 Å². The monoisotopic (exact) mass is 534 g/mol. The Labute approximate surface area is 217 Å². The fourth-order valence-electron chi connectivity index (χ4n) is 5.08. The number of hydrogen-bond donors (Lipinski definition) is 1. The Kier molecular flexibility index (Phi) is 7.01. The first-order chi connectivity index (χ1) is 18.1. The van der Waals surface area contributed by atoms with E-state index in [1.807, 2.05) is 0 Å². The van der Waals surface area contributed by atoms with Gasteiger partial charge in [-0.1, -0.05) is 0 Å². The third kappa shape index (κ3) is 5.18. The van der Waals surface area contributed by atoms with E-state index >= 15 is 0 Å². The fraction of sp³-hybridized carbons (Fsp3) is 0.520. The van der Waals surface area contributed by atoms with Crippen molar-refractivity contribution in [2.45, 2.75) is 44.4 Å². The molecule has 2 fully saturated rings. The molecule has 3 aromatic rings. The van der Waals surface area contributed by atoms with E-state index in [0.717, 1.165) is 41.9 Å². The van der Waals surface area contributed by atoms with Crippen molar-refractivity contribution in [3.63, 3.8) is 0 Å². The van der Waals surface area contributed by atoms with Gasteiger partial charge in [0, 0.05) is 11.5 Å². The molecule has 1 aromatic carbocycles. The molecule has 0 amide bonds. The van der Waals surface area contributed by atoms with Crippen molar-refractivity contribution in [2.75, 3.05) is 39.9 Å². The van der Waals surface area contributed by atoms with Gasteiger partial charge in [-0.3, -0.25) is 0 Å². The van der Waals surface area contributed by atoms with Crippen LogP contribution in [0.15, 0.2) is 24.4 Å². The number of ether oxygens (including phenoxy) is 2. The van der Waals surface area contributed by atoms with Gasteiger partial charge >= 0.3 is 18.2 Å². The highest BCUT2D eigenvalue weighted by molar-refractivity contribution is 5.82. The Bertz CT molecular complexity index is 1340. The molecule has 1 atom stereocenters. The number of carbonyl (C=O) groups is 1. The second-order valence-corrected chi connectivity index (χ2v) is 9.77. The summed E-state index contributed by atoms with van der Waals surface area (Å²) >= 11 is 0. The van der Waals surface area contributed by atoms with E-state index in [9.17, 15) is 18.0 Å². The van der Waals surface area contributed by atoms with Crippen LogP contribution in [-0.2, 0) is 20.0 Å². The highest BCUT2D eigenvalue weighted by Gasteiger charge is 2.45. The molecule has 0 radical (unpaired) electrons. The number of aryl methyl sites for hydroxylation is 1. The van der Waals surface area contributed by atoms with Gasteiger partial charge in [0.05, 0.1) is 44.2 Å². The normalized spacial score (nSPS) is 21.5. The summed E-state index contributed by atoms with van der Waals surface area (Å²) < 4.78 is 51.2. The first kappa shape index (κ1) is 26.3.